The van der Waals surface area contributed by atoms with Crippen LogP contribution < -0.4 is 5.32 Å². The van der Waals surface area contributed by atoms with E-state index in [4.69, 9.17) is 0 Å². The summed E-state index contributed by atoms with van der Waals surface area (Å²) in [6, 6.07) is 5.64. The Morgan fingerprint density at radius 3 is 2.36 bits per heavy atom. The maximum Gasteiger partial charge on any atom is 0.251 e. The van der Waals surface area contributed by atoms with Gasteiger partial charge in [-0.2, -0.15) is 0 Å². The fraction of sp³-hybridized carbons (Fsp3) is 0.611. The minimum atomic E-state index is -0.322. The summed E-state index contributed by atoms with van der Waals surface area (Å²) in [7, 11) is 0. The zero-order chi connectivity index (χ0) is 16.2. The van der Waals surface area contributed by atoms with Gasteiger partial charge in [-0.3, -0.25) is 4.79 Å². The van der Waals surface area contributed by atoms with Crippen LogP contribution in [0.25, 0.3) is 0 Å². The van der Waals surface area contributed by atoms with Crippen molar-refractivity contribution in [2.45, 2.75) is 46.0 Å². The second-order valence-corrected chi connectivity index (χ2v) is 5.61. The molecule has 1 amide bonds. The van der Waals surface area contributed by atoms with E-state index in [0.717, 1.165) is 19.6 Å². The van der Waals surface area contributed by atoms with Crippen molar-refractivity contribution in [1.82, 2.24) is 10.2 Å². The van der Waals surface area contributed by atoms with E-state index in [9.17, 15) is 9.18 Å². The maximum absolute atomic E-state index is 12.8. The summed E-state index contributed by atoms with van der Waals surface area (Å²) in [5, 5.41) is 2.89. The molecule has 0 fully saturated rings. The zero-order valence-electron chi connectivity index (χ0n) is 13.9. The molecule has 0 unspecified atom stereocenters. The largest absolute Gasteiger partial charge is 0.351 e. The Labute approximate surface area is 133 Å². The number of nitrogens with zero attached hydrogens (tertiary/aromatic N) is 1. The third-order valence-corrected chi connectivity index (χ3v) is 3.85. The average Bonchev–Trinajstić information content (AvgIpc) is 2.53. The molecule has 1 rings (SSSR count). The van der Waals surface area contributed by atoms with E-state index in [1.165, 1.54) is 56.4 Å². The Morgan fingerprint density at radius 2 is 1.73 bits per heavy atom. The van der Waals surface area contributed by atoms with Crippen molar-refractivity contribution in [3.63, 3.8) is 0 Å². The van der Waals surface area contributed by atoms with Crippen LogP contribution in [0.1, 0.15) is 56.3 Å². The summed E-state index contributed by atoms with van der Waals surface area (Å²) in [5.41, 5.74) is 0.504. The van der Waals surface area contributed by atoms with E-state index in [1.807, 2.05) is 0 Å². The SMILES string of the molecule is CCCCCCCN(CC)CCNC(=O)c1ccc(F)cc1. The van der Waals surface area contributed by atoms with Crippen LogP contribution in [0.15, 0.2) is 24.3 Å². The number of benzene rings is 1. The fourth-order valence-corrected chi connectivity index (χ4v) is 2.40. The molecular weight excluding hydrogens is 279 g/mol. The van der Waals surface area contributed by atoms with Gasteiger partial charge in [0.05, 0.1) is 0 Å². The summed E-state index contributed by atoms with van der Waals surface area (Å²) >= 11 is 0. The molecule has 0 atom stereocenters. The van der Waals surface area contributed by atoms with E-state index < -0.39 is 0 Å². The zero-order valence-corrected chi connectivity index (χ0v) is 13.9. The van der Waals surface area contributed by atoms with Gasteiger partial charge >= 0.3 is 0 Å². The molecule has 0 radical (unpaired) electrons. The molecule has 1 aromatic rings. The molecule has 0 aliphatic rings. The van der Waals surface area contributed by atoms with Gasteiger partial charge in [-0.15, -0.1) is 0 Å². The highest BCUT2D eigenvalue weighted by Crippen LogP contribution is 2.04. The van der Waals surface area contributed by atoms with Crippen LogP contribution in [-0.2, 0) is 0 Å². The Hall–Kier alpha value is -1.42. The summed E-state index contributed by atoms with van der Waals surface area (Å²) in [6.45, 7) is 7.94. The molecule has 4 heteroatoms. The molecule has 0 saturated carbocycles. The third-order valence-electron chi connectivity index (χ3n) is 3.85. The van der Waals surface area contributed by atoms with Crippen molar-refractivity contribution < 1.29 is 9.18 Å². The Balaban J connectivity index is 2.20. The molecule has 0 spiro atoms. The number of hydrogen-bond acceptors (Lipinski definition) is 2. The van der Waals surface area contributed by atoms with E-state index >= 15 is 0 Å². The second-order valence-electron chi connectivity index (χ2n) is 5.61. The lowest BCUT2D eigenvalue weighted by Crippen LogP contribution is -2.35. The highest BCUT2D eigenvalue weighted by Gasteiger charge is 2.06. The highest BCUT2D eigenvalue weighted by molar-refractivity contribution is 5.94. The quantitative estimate of drug-likeness (QED) is 0.630. The molecule has 124 valence electrons. The monoisotopic (exact) mass is 308 g/mol. The normalized spacial score (nSPS) is 10.9. The van der Waals surface area contributed by atoms with Crippen molar-refractivity contribution in [3.8, 4) is 0 Å². The molecule has 0 aromatic heterocycles. The van der Waals surface area contributed by atoms with Crippen molar-refractivity contribution in [3.05, 3.63) is 35.6 Å². The number of likely N-dealkylation sites (N-methyl/N-ethyl adjacent to an activating group) is 1. The van der Waals surface area contributed by atoms with Crippen molar-refractivity contribution in [1.29, 1.82) is 0 Å². The van der Waals surface area contributed by atoms with E-state index in [2.05, 4.69) is 24.1 Å². The summed E-state index contributed by atoms with van der Waals surface area (Å²) in [5.74, 6) is -0.462. The van der Waals surface area contributed by atoms with Crippen LogP contribution in [0, 0.1) is 5.82 Å². The minimum Gasteiger partial charge on any atom is -0.351 e. The standard InChI is InChI=1S/C18H29FN2O/c1-3-5-6-7-8-14-21(4-2)15-13-20-18(22)16-9-11-17(19)12-10-16/h9-12H,3-8,13-15H2,1-2H3,(H,20,22). The molecule has 0 aliphatic carbocycles. The molecule has 1 N–H and O–H groups in total. The lowest BCUT2D eigenvalue weighted by Gasteiger charge is -2.20. The molecule has 0 heterocycles. The minimum absolute atomic E-state index is 0.140. The molecule has 0 saturated heterocycles. The number of rotatable bonds is 11. The van der Waals surface area contributed by atoms with Crippen molar-refractivity contribution in [2.75, 3.05) is 26.2 Å². The van der Waals surface area contributed by atoms with Gasteiger partial charge in [0.2, 0.25) is 0 Å². The lowest BCUT2D eigenvalue weighted by atomic mass is 10.1. The van der Waals surface area contributed by atoms with Crippen LogP contribution in [0.4, 0.5) is 4.39 Å². The highest BCUT2D eigenvalue weighted by atomic mass is 19.1. The Kier molecular flexibility index (Phi) is 9.47. The molecule has 0 aliphatic heterocycles. The predicted molar refractivity (Wildman–Crippen MR) is 89.6 cm³/mol. The number of nitrogens with one attached hydrogen (secondary N) is 1. The van der Waals surface area contributed by atoms with Crippen molar-refractivity contribution in [2.24, 2.45) is 0 Å². The van der Waals surface area contributed by atoms with Gasteiger partial charge in [-0.25, -0.2) is 4.39 Å². The van der Waals surface area contributed by atoms with Gasteiger partial charge in [0, 0.05) is 18.7 Å². The van der Waals surface area contributed by atoms with Gasteiger partial charge in [-0.1, -0.05) is 39.5 Å². The molecule has 3 nitrogen and oxygen atoms in total. The predicted octanol–water partition coefficient (Wildman–Crippen LogP) is 3.85. The maximum atomic E-state index is 12.8. The molecule has 22 heavy (non-hydrogen) atoms. The van der Waals surface area contributed by atoms with Crippen molar-refractivity contribution >= 4 is 5.91 Å². The van der Waals surface area contributed by atoms with Gasteiger partial charge in [0.25, 0.3) is 5.91 Å². The third kappa shape index (κ3) is 7.55. The van der Waals surface area contributed by atoms with Gasteiger partial charge < -0.3 is 10.2 Å². The van der Waals surface area contributed by atoms with Gasteiger partial charge in [0.15, 0.2) is 0 Å². The number of carbonyl (C=O) groups excluding carboxylic acids is 1. The first-order chi connectivity index (χ1) is 10.7. The first-order valence-electron chi connectivity index (χ1n) is 8.43. The number of carbonyl (C=O) groups is 1. The summed E-state index contributed by atoms with van der Waals surface area (Å²) < 4.78 is 12.8. The number of halogens is 1. The number of unbranched alkanes of at least 4 members (excludes halogenated alkanes) is 4. The lowest BCUT2D eigenvalue weighted by molar-refractivity contribution is 0.0948. The van der Waals surface area contributed by atoms with Crippen LogP contribution >= 0.6 is 0 Å². The van der Waals surface area contributed by atoms with E-state index in [0.29, 0.717) is 12.1 Å². The summed E-state index contributed by atoms with van der Waals surface area (Å²) in [4.78, 5) is 14.3. The first-order valence-corrected chi connectivity index (χ1v) is 8.43. The Bertz CT molecular complexity index is 420. The van der Waals surface area contributed by atoms with Gasteiger partial charge in [-0.05, 0) is 43.8 Å². The first kappa shape index (κ1) is 18.6. The Morgan fingerprint density at radius 1 is 1.05 bits per heavy atom. The summed E-state index contributed by atoms with van der Waals surface area (Å²) in [6.07, 6.45) is 6.41. The number of amides is 1. The van der Waals surface area contributed by atoms with Crippen LogP contribution in [0.3, 0.4) is 0 Å². The fourth-order valence-electron chi connectivity index (χ4n) is 2.40. The molecule has 1 aromatic carbocycles. The van der Waals surface area contributed by atoms with E-state index in [1.54, 1.807) is 0 Å². The molecule has 0 bridgehead atoms. The van der Waals surface area contributed by atoms with E-state index in [-0.39, 0.29) is 11.7 Å². The molecular formula is C18H29FN2O. The average molecular weight is 308 g/mol. The number of hydrogen-bond donors (Lipinski definition) is 1. The van der Waals surface area contributed by atoms with Crippen LogP contribution in [0.5, 0.6) is 0 Å². The van der Waals surface area contributed by atoms with Gasteiger partial charge in [0.1, 0.15) is 5.82 Å². The second kappa shape index (κ2) is 11.2. The smallest absolute Gasteiger partial charge is 0.251 e. The van der Waals surface area contributed by atoms with Crippen LogP contribution in [-0.4, -0.2) is 37.0 Å². The topological polar surface area (TPSA) is 32.3 Å². The van der Waals surface area contributed by atoms with Crippen LogP contribution in [0.2, 0.25) is 0 Å².